The summed E-state index contributed by atoms with van der Waals surface area (Å²) >= 11 is 3.96. The zero-order valence-corrected chi connectivity index (χ0v) is 12.5. The molecule has 0 aromatic heterocycles. The van der Waals surface area contributed by atoms with E-state index in [-0.39, 0.29) is 11.3 Å². The zero-order valence-electron chi connectivity index (χ0n) is 10.9. The predicted octanol–water partition coefficient (Wildman–Crippen LogP) is 2.45. The highest BCUT2D eigenvalue weighted by Gasteiger charge is 2.43. The Morgan fingerprint density at radius 2 is 2.11 bits per heavy atom. The number of hydrogen-bond donors (Lipinski definition) is 1. The third kappa shape index (κ3) is 3.44. The number of thioether (sulfide) groups is 2. The van der Waals surface area contributed by atoms with E-state index in [0.717, 1.165) is 19.3 Å². The van der Waals surface area contributed by atoms with Crippen molar-refractivity contribution in [1.82, 2.24) is 5.32 Å². The van der Waals surface area contributed by atoms with Crippen LogP contribution < -0.4 is 5.32 Å². The lowest BCUT2D eigenvalue weighted by Gasteiger charge is -2.43. The zero-order chi connectivity index (χ0) is 13.0. The van der Waals surface area contributed by atoms with Crippen LogP contribution in [0.25, 0.3) is 0 Å². The number of ketones is 1. The van der Waals surface area contributed by atoms with E-state index >= 15 is 0 Å². The van der Waals surface area contributed by atoms with E-state index < -0.39 is 0 Å². The molecular weight excluding hydrogens is 266 g/mol. The number of hydrogen-bond acceptors (Lipinski definition) is 4. The molecule has 102 valence electrons. The molecule has 2 fully saturated rings. The third-order valence-electron chi connectivity index (χ3n) is 3.70. The summed E-state index contributed by atoms with van der Waals surface area (Å²) in [6.45, 7) is 2.22. The largest absolute Gasteiger partial charge is 0.356 e. The molecule has 3 nitrogen and oxygen atoms in total. The van der Waals surface area contributed by atoms with Crippen molar-refractivity contribution in [3.63, 3.8) is 0 Å². The molecule has 1 amide bonds. The van der Waals surface area contributed by atoms with Gasteiger partial charge in [-0.25, -0.2) is 0 Å². The van der Waals surface area contributed by atoms with Gasteiger partial charge in [0.15, 0.2) is 0 Å². The van der Waals surface area contributed by atoms with Gasteiger partial charge in [-0.3, -0.25) is 9.59 Å². The van der Waals surface area contributed by atoms with Gasteiger partial charge in [0, 0.05) is 31.7 Å². The smallest absolute Gasteiger partial charge is 0.216 e. The molecule has 0 radical (unpaired) electrons. The highest BCUT2D eigenvalue weighted by molar-refractivity contribution is 8.17. The fourth-order valence-corrected chi connectivity index (χ4v) is 6.26. The highest BCUT2D eigenvalue weighted by atomic mass is 32.2. The maximum atomic E-state index is 11.8. The lowest BCUT2D eigenvalue weighted by molar-refractivity contribution is -0.125. The van der Waals surface area contributed by atoms with Crippen molar-refractivity contribution < 1.29 is 9.59 Å². The molecule has 5 heteroatoms. The fourth-order valence-electron chi connectivity index (χ4n) is 2.78. The van der Waals surface area contributed by atoms with Crippen LogP contribution in [0.3, 0.4) is 0 Å². The van der Waals surface area contributed by atoms with Gasteiger partial charge in [0.2, 0.25) is 5.91 Å². The Hall–Kier alpha value is -0.160. The van der Waals surface area contributed by atoms with Crippen molar-refractivity contribution in [2.75, 3.05) is 18.1 Å². The van der Waals surface area contributed by atoms with Crippen LogP contribution in [-0.2, 0) is 9.59 Å². The number of nitrogens with one attached hydrogen (secondary N) is 1. The van der Waals surface area contributed by atoms with E-state index in [1.54, 1.807) is 6.92 Å². The molecule has 1 unspecified atom stereocenters. The van der Waals surface area contributed by atoms with Crippen molar-refractivity contribution >= 4 is 35.2 Å². The van der Waals surface area contributed by atoms with Gasteiger partial charge in [0.05, 0.1) is 4.58 Å². The van der Waals surface area contributed by atoms with Crippen molar-refractivity contribution in [2.24, 2.45) is 5.41 Å². The van der Waals surface area contributed by atoms with Gasteiger partial charge >= 0.3 is 0 Å². The molecule has 0 aromatic carbocycles. The molecule has 0 aromatic rings. The van der Waals surface area contributed by atoms with Crippen LogP contribution in [0.5, 0.6) is 0 Å². The van der Waals surface area contributed by atoms with Crippen LogP contribution in [-0.4, -0.2) is 34.3 Å². The molecule has 1 N–H and O–H groups in total. The summed E-state index contributed by atoms with van der Waals surface area (Å²) in [6.07, 6.45) is 4.69. The first-order chi connectivity index (χ1) is 8.62. The summed E-state index contributed by atoms with van der Waals surface area (Å²) in [7, 11) is 0. The molecule has 0 bridgehead atoms. The first-order valence-corrected chi connectivity index (χ1v) is 8.71. The molecule has 1 heterocycles. The van der Waals surface area contributed by atoms with Gasteiger partial charge in [-0.2, -0.15) is 0 Å². The molecule has 2 aliphatic rings. The number of carbonyl (C=O) groups excluding carboxylic acids is 2. The van der Waals surface area contributed by atoms with Crippen molar-refractivity contribution in [3.8, 4) is 0 Å². The van der Waals surface area contributed by atoms with Crippen LogP contribution in [0, 0.1) is 5.41 Å². The summed E-state index contributed by atoms with van der Waals surface area (Å²) in [5.41, 5.74) is -0.00322. The van der Waals surface area contributed by atoms with Crippen LogP contribution >= 0.6 is 23.5 Å². The standard InChI is InChI=1S/C13H21NO2S2/c1-10(15)14-9-13(5-2-4-11(16)8-13)12-17-6-3-7-18-12/h12H,2-9H2,1H3,(H,14,15). The summed E-state index contributed by atoms with van der Waals surface area (Å²) < 4.78 is 0.474. The minimum atomic E-state index is -0.00322. The molecular formula is C13H21NO2S2. The van der Waals surface area contributed by atoms with E-state index in [1.807, 2.05) is 23.5 Å². The summed E-state index contributed by atoms with van der Waals surface area (Å²) in [5, 5.41) is 2.96. The number of Topliss-reactive ketones (excluding diaryl/α,β-unsaturated/α-hetero) is 1. The SMILES string of the molecule is CC(=O)NCC1(C2SCCCS2)CCCC(=O)C1. The van der Waals surface area contributed by atoms with E-state index in [0.29, 0.717) is 23.3 Å². The molecule has 18 heavy (non-hydrogen) atoms. The number of carbonyl (C=O) groups is 2. The minimum absolute atomic E-state index is 0.00322. The second-order valence-electron chi connectivity index (χ2n) is 5.27. The van der Waals surface area contributed by atoms with Crippen LogP contribution in [0.4, 0.5) is 0 Å². The van der Waals surface area contributed by atoms with Crippen molar-refractivity contribution in [3.05, 3.63) is 0 Å². The first-order valence-electron chi connectivity index (χ1n) is 6.62. The van der Waals surface area contributed by atoms with E-state index in [4.69, 9.17) is 0 Å². The van der Waals surface area contributed by atoms with Gasteiger partial charge in [-0.1, -0.05) is 0 Å². The molecule has 1 saturated carbocycles. The van der Waals surface area contributed by atoms with Crippen molar-refractivity contribution in [1.29, 1.82) is 0 Å². The van der Waals surface area contributed by atoms with Gasteiger partial charge in [0.25, 0.3) is 0 Å². The fraction of sp³-hybridized carbons (Fsp3) is 0.846. The second kappa shape index (κ2) is 6.33. The second-order valence-corrected chi connectivity index (χ2v) is 7.99. The van der Waals surface area contributed by atoms with Crippen LogP contribution in [0.2, 0.25) is 0 Å². The lowest BCUT2D eigenvalue weighted by Crippen LogP contribution is -2.46. The summed E-state index contributed by atoms with van der Waals surface area (Å²) in [6, 6.07) is 0. The molecule has 2 rings (SSSR count). The summed E-state index contributed by atoms with van der Waals surface area (Å²) in [4.78, 5) is 23.0. The average molecular weight is 287 g/mol. The molecule has 1 aliphatic heterocycles. The van der Waals surface area contributed by atoms with Gasteiger partial charge in [-0.05, 0) is 30.8 Å². The Bertz CT molecular complexity index is 329. The number of amides is 1. The van der Waals surface area contributed by atoms with E-state index in [2.05, 4.69) is 5.32 Å². The maximum absolute atomic E-state index is 11.8. The Morgan fingerprint density at radius 1 is 1.39 bits per heavy atom. The molecule has 0 spiro atoms. The topological polar surface area (TPSA) is 46.2 Å². The first kappa shape index (κ1) is 14.3. The van der Waals surface area contributed by atoms with Gasteiger partial charge in [-0.15, -0.1) is 23.5 Å². The van der Waals surface area contributed by atoms with E-state index in [1.165, 1.54) is 17.9 Å². The minimum Gasteiger partial charge on any atom is -0.356 e. The average Bonchev–Trinajstić information content (AvgIpc) is 2.37. The highest BCUT2D eigenvalue weighted by Crippen LogP contribution is 2.49. The summed E-state index contributed by atoms with van der Waals surface area (Å²) in [5.74, 6) is 2.76. The Kier molecular flexibility index (Phi) is 5.01. The quantitative estimate of drug-likeness (QED) is 0.866. The molecule has 1 atom stereocenters. The van der Waals surface area contributed by atoms with Gasteiger partial charge < -0.3 is 5.32 Å². The Morgan fingerprint density at radius 3 is 2.72 bits per heavy atom. The monoisotopic (exact) mass is 287 g/mol. The lowest BCUT2D eigenvalue weighted by atomic mass is 9.74. The van der Waals surface area contributed by atoms with Crippen LogP contribution in [0.1, 0.15) is 39.0 Å². The molecule has 1 saturated heterocycles. The predicted molar refractivity (Wildman–Crippen MR) is 77.9 cm³/mol. The Balaban J connectivity index is 2.09. The van der Waals surface area contributed by atoms with Crippen LogP contribution in [0.15, 0.2) is 0 Å². The number of rotatable bonds is 3. The maximum Gasteiger partial charge on any atom is 0.216 e. The third-order valence-corrected chi connectivity index (χ3v) is 7.17. The normalized spacial score (nSPS) is 30.2. The molecule has 1 aliphatic carbocycles. The van der Waals surface area contributed by atoms with E-state index in [9.17, 15) is 9.59 Å². The van der Waals surface area contributed by atoms with Gasteiger partial charge in [0.1, 0.15) is 5.78 Å². The van der Waals surface area contributed by atoms with Crippen molar-refractivity contribution in [2.45, 2.75) is 43.6 Å². The Labute approximate surface area is 117 Å².